The third kappa shape index (κ3) is 5.81. The highest BCUT2D eigenvalue weighted by molar-refractivity contribution is 7.16. The molecule has 0 aliphatic heterocycles. The van der Waals surface area contributed by atoms with Gasteiger partial charge in [-0.05, 0) is 47.7 Å². The molecule has 2 amide bonds. The van der Waals surface area contributed by atoms with Crippen molar-refractivity contribution < 1.29 is 14.3 Å². The van der Waals surface area contributed by atoms with Gasteiger partial charge in [0.05, 0.1) is 5.56 Å². The summed E-state index contributed by atoms with van der Waals surface area (Å²) < 4.78 is 5.57. The van der Waals surface area contributed by atoms with E-state index >= 15 is 0 Å². The number of pyridine rings is 2. The Bertz CT molecular complexity index is 1200. The zero-order chi connectivity index (χ0) is 23.0. The lowest BCUT2D eigenvalue weighted by Gasteiger charge is -2.22. The van der Waals surface area contributed by atoms with Gasteiger partial charge in [-0.2, -0.15) is 5.26 Å². The summed E-state index contributed by atoms with van der Waals surface area (Å²) in [5.74, 6) is -0.323. The molecule has 0 bridgehead atoms. The lowest BCUT2D eigenvalue weighted by Crippen LogP contribution is -2.31. The number of nitriles is 1. The molecule has 33 heavy (non-hydrogen) atoms. The van der Waals surface area contributed by atoms with Crippen molar-refractivity contribution in [3.63, 3.8) is 0 Å². The Balaban J connectivity index is 1.36. The highest BCUT2D eigenvalue weighted by atomic mass is 32.1. The van der Waals surface area contributed by atoms with E-state index in [9.17, 15) is 14.9 Å². The van der Waals surface area contributed by atoms with Crippen LogP contribution < -0.4 is 10.6 Å². The second kappa shape index (κ2) is 10.5. The number of anilines is 1. The quantitative estimate of drug-likeness (QED) is 0.541. The summed E-state index contributed by atoms with van der Waals surface area (Å²) in [6.07, 6.45) is 10.7. The van der Waals surface area contributed by atoms with Gasteiger partial charge in [0.15, 0.2) is 0 Å². The second-order valence-corrected chi connectivity index (χ2v) is 8.52. The fraction of sp³-hybridized carbons (Fsp3) is 0.208. The number of hydrogen-bond acceptors (Lipinski definition) is 7. The first-order valence-electron chi connectivity index (χ1n) is 10.4. The summed E-state index contributed by atoms with van der Waals surface area (Å²) in [6, 6.07) is 9.52. The minimum atomic E-state index is -0.488. The summed E-state index contributed by atoms with van der Waals surface area (Å²) in [4.78, 5) is 33.5. The zero-order valence-corrected chi connectivity index (χ0v) is 18.5. The van der Waals surface area contributed by atoms with E-state index < -0.39 is 6.09 Å². The lowest BCUT2D eigenvalue weighted by atomic mass is 9.94. The Morgan fingerprint density at radius 2 is 2.06 bits per heavy atom. The molecule has 1 unspecified atom stereocenters. The minimum absolute atomic E-state index is 0.286. The summed E-state index contributed by atoms with van der Waals surface area (Å²) >= 11 is 1.36. The number of nitrogens with one attached hydrogen (secondary N) is 2. The molecule has 3 heterocycles. The molecule has 0 saturated heterocycles. The molecule has 3 aromatic heterocycles. The van der Waals surface area contributed by atoms with Crippen molar-refractivity contribution in [2.45, 2.75) is 31.9 Å². The Morgan fingerprint density at radius 3 is 2.79 bits per heavy atom. The van der Waals surface area contributed by atoms with Crippen LogP contribution in [0.15, 0.2) is 55.1 Å². The molecule has 0 radical (unpaired) electrons. The molecular weight excluding hydrogens is 438 g/mol. The van der Waals surface area contributed by atoms with Gasteiger partial charge in [-0.1, -0.05) is 12.1 Å². The van der Waals surface area contributed by atoms with Crippen molar-refractivity contribution in [3.05, 3.63) is 82.3 Å². The molecule has 8 nitrogen and oxygen atoms in total. The van der Waals surface area contributed by atoms with Gasteiger partial charge < -0.3 is 15.4 Å². The van der Waals surface area contributed by atoms with Gasteiger partial charge in [-0.15, -0.1) is 11.3 Å². The van der Waals surface area contributed by atoms with E-state index in [0.29, 0.717) is 36.4 Å². The molecular formula is C24H21N5O3S. The maximum atomic E-state index is 12.4. The molecule has 1 aliphatic rings. The van der Waals surface area contributed by atoms with E-state index in [0.717, 1.165) is 21.6 Å². The van der Waals surface area contributed by atoms with Crippen LogP contribution in [0.3, 0.4) is 0 Å². The molecule has 1 atom stereocenters. The van der Waals surface area contributed by atoms with Crippen molar-refractivity contribution in [1.29, 1.82) is 5.26 Å². The summed E-state index contributed by atoms with van der Waals surface area (Å²) in [5, 5.41) is 15.7. The standard InChI is InChI=1S/C24H21N5O3S/c25-12-20-19-7-6-18(32-24(31)28-15-17-4-2-10-27-14-17)11-21(19)33-23(20)29-22(30)8-5-16-3-1-9-26-13-16/h1-5,8-10,13-14,18H,6-7,11,15H2,(H,28,31)(H,29,30). The number of carbonyl (C=O) groups is 2. The third-order valence-electron chi connectivity index (χ3n) is 5.11. The third-order valence-corrected chi connectivity index (χ3v) is 6.28. The van der Waals surface area contributed by atoms with Crippen LogP contribution in [0.2, 0.25) is 0 Å². The molecule has 9 heteroatoms. The second-order valence-electron chi connectivity index (χ2n) is 7.41. The van der Waals surface area contributed by atoms with Gasteiger partial charge in [0.1, 0.15) is 17.2 Å². The van der Waals surface area contributed by atoms with E-state index in [-0.39, 0.29) is 12.0 Å². The molecule has 0 aromatic carbocycles. The molecule has 4 rings (SSSR count). The van der Waals surface area contributed by atoms with Gasteiger partial charge in [0.2, 0.25) is 5.91 Å². The van der Waals surface area contributed by atoms with Gasteiger partial charge in [0.25, 0.3) is 0 Å². The van der Waals surface area contributed by atoms with Crippen molar-refractivity contribution >= 4 is 34.4 Å². The van der Waals surface area contributed by atoms with Gasteiger partial charge in [-0.3, -0.25) is 14.8 Å². The molecule has 0 fully saturated rings. The Labute approximate surface area is 195 Å². The van der Waals surface area contributed by atoms with Crippen molar-refractivity contribution in [2.24, 2.45) is 0 Å². The molecule has 0 saturated carbocycles. The molecule has 166 valence electrons. The smallest absolute Gasteiger partial charge is 0.407 e. The van der Waals surface area contributed by atoms with Crippen LogP contribution in [-0.4, -0.2) is 28.1 Å². The summed E-state index contributed by atoms with van der Waals surface area (Å²) in [5.41, 5.74) is 3.10. The zero-order valence-electron chi connectivity index (χ0n) is 17.7. The molecule has 2 N–H and O–H groups in total. The number of aromatic nitrogens is 2. The van der Waals surface area contributed by atoms with E-state index in [1.54, 1.807) is 43.0 Å². The average molecular weight is 460 g/mol. The topological polar surface area (TPSA) is 117 Å². The number of carbonyl (C=O) groups excluding carboxylic acids is 2. The maximum absolute atomic E-state index is 12.4. The van der Waals surface area contributed by atoms with Crippen molar-refractivity contribution in [3.8, 4) is 6.07 Å². The number of hydrogen-bond donors (Lipinski definition) is 2. The first-order valence-corrected chi connectivity index (χ1v) is 11.2. The van der Waals surface area contributed by atoms with Crippen LogP contribution in [0.25, 0.3) is 6.08 Å². The van der Waals surface area contributed by atoms with Crippen molar-refractivity contribution in [1.82, 2.24) is 15.3 Å². The first kappa shape index (κ1) is 22.2. The number of amides is 2. The number of thiophene rings is 1. The SMILES string of the molecule is N#Cc1c(NC(=O)C=Cc2cccnc2)sc2c1CCC(OC(=O)NCc1cccnc1)C2. The van der Waals surface area contributed by atoms with Crippen LogP contribution in [0.5, 0.6) is 0 Å². The van der Waals surface area contributed by atoms with E-state index in [2.05, 4.69) is 26.7 Å². The Kier molecular flexibility index (Phi) is 7.07. The monoisotopic (exact) mass is 459 g/mol. The highest BCUT2D eigenvalue weighted by Crippen LogP contribution is 2.38. The van der Waals surface area contributed by atoms with E-state index in [4.69, 9.17) is 4.74 Å². The van der Waals surface area contributed by atoms with Crippen LogP contribution in [0, 0.1) is 11.3 Å². The summed E-state index contributed by atoms with van der Waals surface area (Å²) in [6.45, 7) is 0.338. The molecule has 1 aliphatic carbocycles. The molecule has 3 aromatic rings. The van der Waals surface area contributed by atoms with Crippen LogP contribution in [-0.2, 0) is 28.9 Å². The lowest BCUT2D eigenvalue weighted by molar-refractivity contribution is -0.111. The predicted octanol–water partition coefficient (Wildman–Crippen LogP) is 3.85. The molecule has 0 spiro atoms. The minimum Gasteiger partial charge on any atom is -0.446 e. The largest absolute Gasteiger partial charge is 0.446 e. The summed E-state index contributed by atoms with van der Waals surface area (Å²) in [7, 11) is 0. The Hall–Kier alpha value is -4.03. The number of ether oxygens (including phenoxy) is 1. The normalized spacial score (nSPS) is 14.8. The number of rotatable bonds is 6. The fourth-order valence-corrected chi connectivity index (χ4v) is 4.80. The highest BCUT2D eigenvalue weighted by Gasteiger charge is 2.28. The van der Waals surface area contributed by atoms with Crippen LogP contribution in [0.4, 0.5) is 9.80 Å². The van der Waals surface area contributed by atoms with Gasteiger partial charge in [0, 0.05) is 48.7 Å². The number of nitrogens with zero attached hydrogens (tertiary/aromatic N) is 3. The van der Waals surface area contributed by atoms with Gasteiger partial charge in [-0.25, -0.2) is 4.79 Å². The van der Waals surface area contributed by atoms with Crippen molar-refractivity contribution in [2.75, 3.05) is 5.32 Å². The number of fused-ring (bicyclic) bond motifs is 1. The Morgan fingerprint density at radius 1 is 1.24 bits per heavy atom. The fourth-order valence-electron chi connectivity index (χ4n) is 3.53. The van der Waals surface area contributed by atoms with Crippen LogP contribution in [0.1, 0.15) is 33.6 Å². The van der Waals surface area contributed by atoms with E-state index in [1.807, 2.05) is 12.1 Å². The van der Waals surface area contributed by atoms with E-state index in [1.165, 1.54) is 17.4 Å². The van der Waals surface area contributed by atoms with Crippen LogP contribution >= 0.6 is 11.3 Å². The first-order chi connectivity index (χ1) is 16.1. The predicted molar refractivity (Wildman–Crippen MR) is 124 cm³/mol. The number of alkyl carbamates (subject to hydrolysis) is 1. The van der Waals surface area contributed by atoms with Gasteiger partial charge >= 0.3 is 6.09 Å². The average Bonchev–Trinajstić information content (AvgIpc) is 3.18. The maximum Gasteiger partial charge on any atom is 0.407 e.